The second-order valence-electron chi connectivity index (χ2n) is 5.27. The van der Waals surface area contributed by atoms with Gasteiger partial charge in [0.25, 0.3) is 0 Å². The van der Waals surface area contributed by atoms with Crippen LogP contribution in [0.5, 0.6) is 0 Å². The molecule has 0 aliphatic heterocycles. The first kappa shape index (κ1) is 14.7. The normalized spacial score (nSPS) is 10.6. The zero-order chi connectivity index (χ0) is 14.5. The van der Waals surface area contributed by atoms with E-state index in [4.69, 9.17) is 5.26 Å². The van der Waals surface area contributed by atoms with E-state index in [-0.39, 0.29) is 0 Å². The molecule has 0 fully saturated rings. The van der Waals surface area contributed by atoms with Gasteiger partial charge in [-0.3, -0.25) is 0 Å². The largest absolute Gasteiger partial charge is 0.192 e. The Bertz CT molecular complexity index is 621. The van der Waals surface area contributed by atoms with Crippen LogP contribution in [0.2, 0.25) is 0 Å². The van der Waals surface area contributed by atoms with Crippen molar-refractivity contribution in [1.82, 2.24) is 0 Å². The van der Waals surface area contributed by atoms with Crippen LogP contribution in [-0.4, -0.2) is 0 Å². The van der Waals surface area contributed by atoms with Gasteiger partial charge in [-0.25, -0.2) is 0 Å². The van der Waals surface area contributed by atoms with Gasteiger partial charge in [0.05, 0.1) is 11.6 Å². The van der Waals surface area contributed by atoms with Gasteiger partial charge in [0.15, 0.2) is 0 Å². The van der Waals surface area contributed by atoms with Crippen molar-refractivity contribution in [3.8, 4) is 6.07 Å². The molecule has 0 bridgehead atoms. The fraction of sp³-hybridized carbons (Fsp3) is 0.278. The first-order valence-electron chi connectivity index (χ1n) is 6.82. The summed E-state index contributed by atoms with van der Waals surface area (Å²) in [5, 5.41) is 8.88. The van der Waals surface area contributed by atoms with Crippen molar-refractivity contribution in [2.45, 2.75) is 37.3 Å². The second-order valence-corrected chi connectivity index (χ2v) is 6.31. The maximum absolute atomic E-state index is 8.88. The van der Waals surface area contributed by atoms with Crippen molar-refractivity contribution in [3.05, 3.63) is 64.7 Å². The Hall–Kier alpha value is -1.72. The molecule has 0 amide bonds. The molecule has 102 valence electrons. The summed E-state index contributed by atoms with van der Waals surface area (Å²) in [4.78, 5) is 1.29. The highest BCUT2D eigenvalue weighted by atomic mass is 32.2. The standard InChI is InChI=1S/C18H19NS/c1-13(2)16-6-8-18(9-7-16)20-12-17-5-4-15(11-19)10-14(17)3/h4-10,13H,12H2,1-3H3. The molecule has 0 aromatic heterocycles. The fourth-order valence-corrected chi connectivity index (χ4v) is 3.01. The van der Waals surface area contributed by atoms with Crippen LogP contribution in [0.1, 0.15) is 42.0 Å². The third-order valence-corrected chi connectivity index (χ3v) is 4.47. The highest BCUT2D eigenvalue weighted by Crippen LogP contribution is 2.26. The SMILES string of the molecule is Cc1cc(C#N)ccc1CSc1ccc(C(C)C)cc1. The Morgan fingerprint density at radius 1 is 1.10 bits per heavy atom. The Labute approximate surface area is 125 Å². The average molecular weight is 281 g/mol. The van der Waals surface area contributed by atoms with E-state index in [1.807, 2.05) is 23.9 Å². The molecule has 2 rings (SSSR count). The lowest BCUT2D eigenvalue weighted by Gasteiger charge is -2.08. The van der Waals surface area contributed by atoms with E-state index in [1.165, 1.54) is 21.6 Å². The van der Waals surface area contributed by atoms with Crippen LogP contribution in [0.25, 0.3) is 0 Å². The number of hydrogen-bond acceptors (Lipinski definition) is 2. The summed E-state index contributed by atoms with van der Waals surface area (Å²) in [7, 11) is 0. The van der Waals surface area contributed by atoms with Gasteiger partial charge in [0.2, 0.25) is 0 Å². The number of benzene rings is 2. The highest BCUT2D eigenvalue weighted by Gasteiger charge is 2.03. The van der Waals surface area contributed by atoms with Crippen LogP contribution in [0.3, 0.4) is 0 Å². The predicted octanol–water partition coefficient (Wildman–Crippen LogP) is 5.28. The van der Waals surface area contributed by atoms with Crippen LogP contribution in [0.4, 0.5) is 0 Å². The molecular weight excluding hydrogens is 262 g/mol. The summed E-state index contributed by atoms with van der Waals surface area (Å²) in [5.41, 5.74) is 4.60. The molecule has 0 spiro atoms. The molecule has 1 nitrogen and oxygen atoms in total. The smallest absolute Gasteiger partial charge is 0.0991 e. The Kier molecular flexibility index (Phi) is 4.87. The average Bonchev–Trinajstić information content (AvgIpc) is 2.46. The van der Waals surface area contributed by atoms with Gasteiger partial charge in [0, 0.05) is 10.6 Å². The number of aryl methyl sites for hydroxylation is 1. The molecule has 0 unspecified atom stereocenters. The van der Waals surface area contributed by atoms with Gasteiger partial charge in [-0.15, -0.1) is 11.8 Å². The van der Waals surface area contributed by atoms with Crippen LogP contribution in [-0.2, 0) is 5.75 Å². The molecular formula is C18H19NS. The summed E-state index contributed by atoms with van der Waals surface area (Å²) < 4.78 is 0. The maximum Gasteiger partial charge on any atom is 0.0991 e. The first-order valence-corrected chi connectivity index (χ1v) is 7.81. The van der Waals surface area contributed by atoms with E-state index in [0.717, 1.165) is 11.3 Å². The quantitative estimate of drug-likeness (QED) is 0.712. The lowest BCUT2D eigenvalue weighted by molar-refractivity contribution is 0.865. The summed E-state index contributed by atoms with van der Waals surface area (Å²) in [6.07, 6.45) is 0. The Morgan fingerprint density at radius 3 is 2.35 bits per heavy atom. The topological polar surface area (TPSA) is 23.8 Å². The highest BCUT2D eigenvalue weighted by molar-refractivity contribution is 7.98. The van der Waals surface area contributed by atoms with Crippen LogP contribution in [0, 0.1) is 18.3 Å². The van der Waals surface area contributed by atoms with Crippen molar-refractivity contribution in [3.63, 3.8) is 0 Å². The van der Waals surface area contributed by atoms with Gasteiger partial charge in [-0.05, 0) is 53.8 Å². The summed E-state index contributed by atoms with van der Waals surface area (Å²) in [6.45, 7) is 6.49. The molecule has 0 aliphatic rings. The van der Waals surface area contributed by atoms with Gasteiger partial charge >= 0.3 is 0 Å². The molecule has 2 heteroatoms. The lowest BCUT2D eigenvalue weighted by atomic mass is 10.0. The first-order chi connectivity index (χ1) is 9.60. The van der Waals surface area contributed by atoms with Crippen LogP contribution in [0.15, 0.2) is 47.4 Å². The minimum Gasteiger partial charge on any atom is -0.192 e. The van der Waals surface area contributed by atoms with E-state index in [1.54, 1.807) is 0 Å². The predicted molar refractivity (Wildman–Crippen MR) is 86.0 cm³/mol. The summed E-state index contributed by atoms with van der Waals surface area (Å²) >= 11 is 1.84. The van der Waals surface area contributed by atoms with E-state index < -0.39 is 0 Å². The Morgan fingerprint density at radius 2 is 1.80 bits per heavy atom. The summed E-state index contributed by atoms with van der Waals surface area (Å²) in [5.74, 6) is 1.52. The van der Waals surface area contributed by atoms with Gasteiger partial charge in [-0.1, -0.05) is 32.0 Å². The van der Waals surface area contributed by atoms with E-state index >= 15 is 0 Å². The Balaban J connectivity index is 2.03. The van der Waals surface area contributed by atoms with E-state index in [2.05, 4.69) is 57.2 Å². The van der Waals surface area contributed by atoms with Gasteiger partial charge in [0.1, 0.15) is 0 Å². The maximum atomic E-state index is 8.88. The number of thioether (sulfide) groups is 1. The van der Waals surface area contributed by atoms with E-state index in [9.17, 15) is 0 Å². The van der Waals surface area contributed by atoms with Crippen molar-refractivity contribution in [2.24, 2.45) is 0 Å². The van der Waals surface area contributed by atoms with Gasteiger partial charge < -0.3 is 0 Å². The minimum absolute atomic E-state index is 0.579. The molecule has 0 saturated heterocycles. The summed E-state index contributed by atoms with van der Waals surface area (Å²) in [6, 6.07) is 16.9. The van der Waals surface area contributed by atoms with Crippen LogP contribution < -0.4 is 0 Å². The molecule has 0 radical (unpaired) electrons. The number of nitrogens with zero attached hydrogens (tertiary/aromatic N) is 1. The molecule has 0 heterocycles. The van der Waals surface area contributed by atoms with E-state index in [0.29, 0.717) is 5.92 Å². The van der Waals surface area contributed by atoms with Crippen molar-refractivity contribution >= 4 is 11.8 Å². The molecule has 2 aromatic rings. The zero-order valence-corrected chi connectivity index (χ0v) is 13.0. The second kappa shape index (κ2) is 6.63. The van der Waals surface area contributed by atoms with Crippen molar-refractivity contribution in [1.29, 1.82) is 5.26 Å². The third kappa shape index (κ3) is 3.65. The van der Waals surface area contributed by atoms with Crippen LogP contribution >= 0.6 is 11.8 Å². The van der Waals surface area contributed by atoms with Crippen molar-refractivity contribution in [2.75, 3.05) is 0 Å². The molecule has 20 heavy (non-hydrogen) atoms. The number of rotatable bonds is 4. The fourth-order valence-electron chi connectivity index (χ4n) is 2.04. The monoisotopic (exact) mass is 281 g/mol. The minimum atomic E-state index is 0.579. The molecule has 0 atom stereocenters. The molecule has 0 N–H and O–H groups in total. The lowest BCUT2D eigenvalue weighted by Crippen LogP contribution is -1.89. The number of hydrogen-bond donors (Lipinski definition) is 0. The molecule has 0 saturated carbocycles. The molecule has 2 aromatic carbocycles. The third-order valence-electron chi connectivity index (χ3n) is 3.41. The molecule has 0 aliphatic carbocycles. The number of nitriles is 1. The van der Waals surface area contributed by atoms with Gasteiger partial charge in [-0.2, -0.15) is 5.26 Å². The zero-order valence-electron chi connectivity index (χ0n) is 12.2. The van der Waals surface area contributed by atoms with Crippen molar-refractivity contribution < 1.29 is 0 Å².